The standard InChI is InChI=1S/C25H24N4O4S/c1-28-25-22(23(27-28)15-5-3-2-4-6-15)24(16-7-10-18-19(11-16)33-14-32-18)34-13-21(31)29(25)12-20(30)26-17-8-9-17/h2-7,10-11,17,24H,8-9,12-14H2,1H3,(H,26,30). The number of nitrogens with zero attached hydrogens (tertiary/aromatic N) is 3. The lowest BCUT2D eigenvalue weighted by molar-refractivity contribution is -0.123. The van der Waals surface area contributed by atoms with E-state index in [1.165, 1.54) is 0 Å². The summed E-state index contributed by atoms with van der Waals surface area (Å²) in [6, 6.07) is 16.1. The number of carbonyl (C=O) groups excluding carboxylic acids is 2. The third kappa shape index (κ3) is 3.79. The predicted molar refractivity (Wildman–Crippen MR) is 129 cm³/mol. The second-order valence-corrected chi connectivity index (χ2v) is 9.79. The maximum atomic E-state index is 13.3. The molecule has 2 aliphatic heterocycles. The molecule has 0 radical (unpaired) electrons. The lowest BCUT2D eigenvalue weighted by Gasteiger charge is -2.22. The molecule has 3 aromatic rings. The van der Waals surface area contributed by atoms with Crippen LogP contribution in [0.25, 0.3) is 11.3 Å². The summed E-state index contributed by atoms with van der Waals surface area (Å²) in [5.74, 6) is 2.06. The first-order valence-electron chi connectivity index (χ1n) is 11.3. The first kappa shape index (κ1) is 21.1. The van der Waals surface area contributed by atoms with Crippen molar-refractivity contribution in [3.63, 3.8) is 0 Å². The van der Waals surface area contributed by atoms with Crippen LogP contribution in [-0.2, 0) is 16.6 Å². The molecule has 0 saturated heterocycles. The number of nitrogens with one attached hydrogen (secondary N) is 1. The maximum absolute atomic E-state index is 13.3. The van der Waals surface area contributed by atoms with Crippen molar-refractivity contribution >= 4 is 29.4 Å². The van der Waals surface area contributed by atoms with Crippen LogP contribution in [0.2, 0.25) is 0 Å². The van der Waals surface area contributed by atoms with E-state index in [9.17, 15) is 9.59 Å². The lowest BCUT2D eigenvalue weighted by Crippen LogP contribution is -2.43. The predicted octanol–water partition coefficient (Wildman–Crippen LogP) is 3.26. The highest BCUT2D eigenvalue weighted by molar-refractivity contribution is 8.00. The van der Waals surface area contributed by atoms with E-state index in [0.717, 1.165) is 35.2 Å². The summed E-state index contributed by atoms with van der Waals surface area (Å²) in [5, 5.41) is 7.67. The van der Waals surface area contributed by atoms with Crippen LogP contribution in [0.1, 0.15) is 29.2 Å². The number of benzene rings is 2. The fourth-order valence-electron chi connectivity index (χ4n) is 4.48. The SMILES string of the molecule is Cn1nc(-c2ccccc2)c2c1N(CC(=O)NC1CC1)C(=O)CSC2c1ccc2c(c1)OCO2. The van der Waals surface area contributed by atoms with E-state index in [1.54, 1.807) is 21.3 Å². The first-order valence-corrected chi connectivity index (χ1v) is 12.4. The Labute approximate surface area is 201 Å². The van der Waals surface area contributed by atoms with Crippen molar-refractivity contribution in [2.75, 3.05) is 24.0 Å². The van der Waals surface area contributed by atoms with Crippen LogP contribution >= 0.6 is 11.8 Å². The van der Waals surface area contributed by atoms with Crippen LogP contribution in [0, 0.1) is 0 Å². The summed E-state index contributed by atoms with van der Waals surface area (Å²) < 4.78 is 12.8. The van der Waals surface area contributed by atoms with Gasteiger partial charge in [0, 0.05) is 24.2 Å². The van der Waals surface area contributed by atoms with Gasteiger partial charge in [-0.15, -0.1) is 11.8 Å². The van der Waals surface area contributed by atoms with Crippen molar-refractivity contribution in [3.05, 3.63) is 59.7 Å². The Morgan fingerprint density at radius 1 is 1.15 bits per heavy atom. The van der Waals surface area contributed by atoms with E-state index in [2.05, 4.69) is 5.32 Å². The highest BCUT2D eigenvalue weighted by atomic mass is 32.2. The quantitative estimate of drug-likeness (QED) is 0.609. The molecular weight excluding hydrogens is 452 g/mol. The van der Waals surface area contributed by atoms with Crippen molar-refractivity contribution < 1.29 is 19.1 Å². The van der Waals surface area contributed by atoms with Gasteiger partial charge in [0.2, 0.25) is 18.6 Å². The summed E-state index contributed by atoms with van der Waals surface area (Å²) >= 11 is 1.54. The number of rotatable bonds is 5. The molecular formula is C25H24N4O4S. The molecule has 1 atom stereocenters. The minimum atomic E-state index is -0.172. The molecule has 1 aromatic heterocycles. The molecule has 6 rings (SSSR count). The van der Waals surface area contributed by atoms with Crippen molar-refractivity contribution in [2.24, 2.45) is 7.05 Å². The molecule has 1 fully saturated rings. The molecule has 174 valence electrons. The molecule has 8 nitrogen and oxygen atoms in total. The van der Waals surface area contributed by atoms with Gasteiger partial charge in [0.05, 0.1) is 16.7 Å². The molecule has 34 heavy (non-hydrogen) atoms. The van der Waals surface area contributed by atoms with Gasteiger partial charge >= 0.3 is 0 Å². The molecule has 1 aliphatic carbocycles. The number of hydrogen-bond donors (Lipinski definition) is 1. The van der Waals surface area contributed by atoms with Gasteiger partial charge in [-0.2, -0.15) is 5.10 Å². The minimum Gasteiger partial charge on any atom is -0.454 e. The topological polar surface area (TPSA) is 85.7 Å². The second kappa shape index (κ2) is 8.39. The number of amides is 2. The van der Waals surface area contributed by atoms with E-state index >= 15 is 0 Å². The van der Waals surface area contributed by atoms with Crippen LogP contribution < -0.4 is 19.7 Å². The number of anilines is 1. The van der Waals surface area contributed by atoms with E-state index < -0.39 is 0 Å². The van der Waals surface area contributed by atoms with Crippen LogP contribution in [-0.4, -0.2) is 46.7 Å². The Morgan fingerprint density at radius 3 is 2.74 bits per heavy atom. The fraction of sp³-hybridized carbons (Fsp3) is 0.320. The van der Waals surface area contributed by atoms with Crippen LogP contribution in [0.5, 0.6) is 11.5 Å². The van der Waals surface area contributed by atoms with E-state index in [-0.39, 0.29) is 42.2 Å². The Morgan fingerprint density at radius 2 is 1.94 bits per heavy atom. The molecule has 9 heteroatoms. The molecule has 2 amide bonds. The molecule has 0 bridgehead atoms. The smallest absolute Gasteiger partial charge is 0.240 e. The Balaban J connectivity index is 1.48. The van der Waals surface area contributed by atoms with Crippen molar-refractivity contribution in [2.45, 2.75) is 24.1 Å². The summed E-state index contributed by atoms with van der Waals surface area (Å²) in [6.45, 7) is 0.177. The highest BCUT2D eigenvalue weighted by Gasteiger charge is 2.37. The Bertz CT molecular complexity index is 1270. The van der Waals surface area contributed by atoms with Gasteiger partial charge in [0.25, 0.3) is 0 Å². The van der Waals surface area contributed by atoms with Gasteiger partial charge in [-0.25, -0.2) is 0 Å². The molecule has 1 N–H and O–H groups in total. The number of aromatic nitrogens is 2. The monoisotopic (exact) mass is 476 g/mol. The number of ether oxygens (including phenoxy) is 2. The molecule has 0 spiro atoms. The number of fused-ring (bicyclic) bond motifs is 2. The van der Waals surface area contributed by atoms with E-state index in [1.807, 2.05) is 55.6 Å². The van der Waals surface area contributed by atoms with Gasteiger partial charge in [-0.05, 0) is 30.5 Å². The first-order chi connectivity index (χ1) is 16.6. The van der Waals surface area contributed by atoms with Crippen LogP contribution in [0.4, 0.5) is 5.82 Å². The van der Waals surface area contributed by atoms with Crippen molar-refractivity contribution in [1.82, 2.24) is 15.1 Å². The third-order valence-electron chi connectivity index (χ3n) is 6.24. The minimum absolute atomic E-state index is 0.0233. The van der Waals surface area contributed by atoms with Crippen molar-refractivity contribution in [1.29, 1.82) is 0 Å². The number of carbonyl (C=O) groups is 2. The average molecular weight is 477 g/mol. The van der Waals surface area contributed by atoms with Crippen LogP contribution in [0.15, 0.2) is 48.5 Å². The zero-order valence-electron chi connectivity index (χ0n) is 18.7. The fourth-order valence-corrected chi connectivity index (χ4v) is 5.67. The largest absolute Gasteiger partial charge is 0.454 e. The van der Waals surface area contributed by atoms with Crippen molar-refractivity contribution in [3.8, 4) is 22.8 Å². The summed E-state index contributed by atoms with van der Waals surface area (Å²) in [5.41, 5.74) is 3.68. The van der Waals surface area contributed by atoms with Gasteiger partial charge in [0.1, 0.15) is 12.4 Å². The van der Waals surface area contributed by atoms with E-state index in [0.29, 0.717) is 17.3 Å². The molecule has 3 aliphatic rings. The maximum Gasteiger partial charge on any atom is 0.240 e. The lowest BCUT2D eigenvalue weighted by atomic mass is 9.99. The van der Waals surface area contributed by atoms with Crippen LogP contribution in [0.3, 0.4) is 0 Å². The summed E-state index contributed by atoms with van der Waals surface area (Å²) in [7, 11) is 1.83. The molecule has 3 heterocycles. The van der Waals surface area contributed by atoms with Gasteiger partial charge in [-0.3, -0.25) is 19.2 Å². The number of hydrogen-bond acceptors (Lipinski definition) is 6. The zero-order valence-corrected chi connectivity index (χ0v) is 19.5. The van der Waals surface area contributed by atoms with E-state index in [4.69, 9.17) is 14.6 Å². The van der Waals surface area contributed by atoms with Gasteiger partial charge in [0.15, 0.2) is 11.5 Å². The highest BCUT2D eigenvalue weighted by Crippen LogP contribution is 2.49. The average Bonchev–Trinajstić information content (AvgIpc) is 3.45. The molecule has 1 saturated carbocycles. The van der Waals surface area contributed by atoms with Gasteiger partial charge < -0.3 is 14.8 Å². The van der Waals surface area contributed by atoms with Gasteiger partial charge in [-0.1, -0.05) is 36.4 Å². The Kier molecular flexibility index (Phi) is 5.21. The second-order valence-electron chi connectivity index (χ2n) is 8.70. The number of thioether (sulfide) groups is 1. The summed E-state index contributed by atoms with van der Waals surface area (Å²) in [4.78, 5) is 27.6. The summed E-state index contributed by atoms with van der Waals surface area (Å²) in [6.07, 6.45) is 1.99. The third-order valence-corrected chi connectivity index (χ3v) is 7.49. The normalized spacial score (nSPS) is 19.0. The number of aryl methyl sites for hydroxylation is 1. The Hall–Kier alpha value is -3.46. The molecule has 1 unspecified atom stereocenters. The molecule has 2 aromatic carbocycles. The zero-order chi connectivity index (χ0) is 23.2.